The number of allylic oxidation sites excluding steroid dienone is 26. The lowest BCUT2D eigenvalue weighted by Gasteiger charge is -2.18. The van der Waals surface area contributed by atoms with Gasteiger partial charge >= 0.3 is 17.9 Å². The number of unbranched alkanes of at least 4 members (excludes halogenated alkanes) is 21. The Balaban J connectivity index is 4.41. The van der Waals surface area contributed by atoms with Crippen LogP contribution in [-0.2, 0) is 28.6 Å². The van der Waals surface area contributed by atoms with Gasteiger partial charge < -0.3 is 14.2 Å². The van der Waals surface area contributed by atoms with Gasteiger partial charge in [0.25, 0.3) is 0 Å². The highest BCUT2D eigenvalue weighted by molar-refractivity contribution is 5.71. The summed E-state index contributed by atoms with van der Waals surface area (Å²) in [6, 6.07) is 0. The Kier molecular flexibility index (Phi) is 63.4. The Morgan fingerprint density at radius 3 is 0.765 bits per heavy atom. The summed E-state index contributed by atoms with van der Waals surface area (Å²) >= 11 is 0. The van der Waals surface area contributed by atoms with Crippen LogP contribution in [0.1, 0.15) is 278 Å². The molecule has 0 bridgehead atoms. The molecule has 6 nitrogen and oxygen atoms in total. The summed E-state index contributed by atoms with van der Waals surface area (Å²) < 4.78 is 16.9. The van der Waals surface area contributed by atoms with E-state index in [1.807, 2.05) is 0 Å². The fourth-order valence-electron chi connectivity index (χ4n) is 8.62. The highest BCUT2D eigenvalue weighted by Crippen LogP contribution is 2.14. The first-order valence-electron chi connectivity index (χ1n) is 33.0. The number of carbonyl (C=O) groups excluding carboxylic acids is 3. The minimum Gasteiger partial charge on any atom is -0.462 e. The molecule has 0 radical (unpaired) electrons. The van der Waals surface area contributed by atoms with Gasteiger partial charge in [0, 0.05) is 19.3 Å². The minimum absolute atomic E-state index is 0.0995. The number of carbonyl (C=O) groups is 3. The largest absolute Gasteiger partial charge is 0.462 e. The van der Waals surface area contributed by atoms with Gasteiger partial charge in [0.15, 0.2) is 6.10 Å². The van der Waals surface area contributed by atoms with Crippen LogP contribution in [0.2, 0.25) is 0 Å². The minimum atomic E-state index is -0.805. The van der Waals surface area contributed by atoms with Crippen LogP contribution in [0.25, 0.3) is 0 Å². The van der Waals surface area contributed by atoms with Crippen molar-refractivity contribution >= 4 is 17.9 Å². The summed E-state index contributed by atoms with van der Waals surface area (Å²) in [5, 5.41) is 0. The second-order valence-corrected chi connectivity index (χ2v) is 21.3. The fraction of sp³-hybridized carbons (Fsp3) is 0.613. The van der Waals surface area contributed by atoms with Crippen molar-refractivity contribution in [3.63, 3.8) is 0 Å². The molecule has 0 aromatic carbocycles. The molecule has 0 fully saturated rings. The molecule has 0 N–H and O–H groups in total. The average molecular weight is 1120 g/mol. The van der Waals surface area contributed by atoms with Crippen LogP contribution in [0.15, 0.2) is 158 Å². The van der Waals surface area contributed by atoms with Gasteiger partial charge in [-0.25, -0.2) is 0 Å². The van der Waals surface area contributed by atoms with E-state index in [1.165, 1.54) is 64.2 Å². The molecule has 0 heterocycles. The lowest BCUT2D eigenvalue weighted by molar-refractivity contribution is -0.167. The zero-order chi connectivity index (χ0) is 58.5. The SMILES string of the molecule is CC/C=C\C/C=C\C/C=C\C/C=C\C/C=C\C/C=C\C/C=C\CCCCCCCCCC(=O)OCC(COC(=O)CCCCCCC/C=C\CCCCCC)OC(=O)CCCCCCC/C=C\C/C=C\C/C=C\C/C=C\C/C=C\CC. The molecular formula is C75H120O6. The maximum absolute atomic E-state index is 12.9. The Labute approximate surface area is 499 Å². The van der Waals surface area contributed by atoms with E-state index in [-0.39, 0.29) is 31.1 Å². The Hall–Kier alpha value is -4.97. The molecule has 0 aromatic rings. The molecule has 0 amide bonds. The van der Waals surface area contributed by atoms with Crippen LogP contribution < -0.4 is 0 Å². The predicted octanol–water partition coefficient (Wildman–Crippen LogP) is 22.9. The van der Waals surface area contributed by atoms with Crippen molar-refractivity contribution in [1.29, 1.82) is 0 Å². The molecule has 456 valence electrons. The quantitative estimate of drug-likeness (QED) is 0.0261. The molecule has 0 aliphatic heterocycles. The van der Waals surface area contributed by atoms with Crippen LogP contribution in [0.3, 0.4) is 0 Å². The molecule has 0 aliphatic rings. The number of rotatable bonds is 58. The number of esters is 3. The molecule has 0 rings (SSSR count). The van der Waals surface area contributed by atoms with Crippen LogP contribution in [0.5, 0.6) is 0 Å². The van der Waals surface area contributed by atoms with E-state index in [9.17, 15) is 14.4 Å². The van der Waals surface area contributed by atoms with Gasteiger partial charge in [-0.15, -0.1) is 0 Å². The van der Waals surface area contributed by atoms with Crippen LogP contribution in [0, 0.1) is 0 Å². The van der Waals surface area contributed by atoms with Crippen LogP contribution in [-0.4, -0.2) is 37.2 Å². The smallest absolute Gasteiger partial charge is 0.306 e. The van der Waals surface area contributed by atoms with Crippen molar-refractivity contribution in [3.8, 4) is 0 Å². The lowest BCUT2D eigenvalue weighted by atomic mass is 10.1. The van der Waals surface area contributed by atoms with Crippen molar-refractivity contribution in [3.05, 3.63) is 158 Å². The van der Waals surface area contributed by atoms with E-state index in [1.54, 1.807) is 0 Å². The van der Waals surface area contributed by atoms with Gasteiger partial charge in [-0.1, -0.05) is 269 Å². The lowest BCUT2D eigenvalue weighted by Crippen LogP contribution is -2.30. The number of hydrogen-bond donors (Lipinski definition) is 0. The fourth-order valence-corrected chi connectivity index (χ4v) is 8.62. The maximum atomic E-state index is 12.9. The summed E-state index contributed by atoms with van der Waals surface area (Å²) in [6.07, 6.45) is 98.2. The molecule has 0 aliphatic carbocycles. The first-order valence-corrected chi connectivity index (χ1v) is 33.0. The predicted molar refractivity (Wildman–Crippen MR) is 352 cm³/mol. The highest BCUT2D eigenvalue weighted by atomic mass is 16.6. The van der Waals surface area contributed by atoms with E-state index in [2.05, 4.69) is 179 Å². The van der Waals surface area contributed by atoms with E-state index >= 15 is 0 Å². The third-order valence-corrected chi connectivity index (χ3v) is 13.5. The van der Waals surface area contributed by atoms with E-state index < -0.39 is 6.10 Å². The molecule has 6 heteroatoms. The van der Waals surface area contributed by atoms with Crippen molar-refractivity contribution < 1.29 is 28.6 Å². The summed E-state index contributed by atoms with van der Waals surface area (Å²) in [6.45, 7) is 6.37. The zero-order valence-electron chi connectivity index (χ0n) is 52.2. The molecule has 0 aromatic heterocycles. The molecule has 81 heavy (non-hydrogen) atoms. The molecule has 1 unspecified atom stereocenters. The Morgan fingerprint density at radius 2 is 0.481 bits per heavy atom. The van der Waals surface area contributed by atoms with E-state index in [0.29, 0.717) is 19.3 Å². The summed E-state index contributed by atoms with van der Waals surface area (Å²) in [5.41, 5.74) is 0. The second-order valence-electron chi connectivity index (χ2n) is 21.3. The zero-order valence-corrected chi connectivity index (χ0v) is 52.2. The van der Waals surface area contributed by atoms with Crippen LogP contribution >= 0.6 is 0 Å². The van der Waals surface area contributed by atoms with Gasteiger partial charge in [-0.05, 0) is 148 Å². The Morgan fingerprint density at radius 1 is 0.259 bits per heavy atom. The third kappa shape index (κ3) is 65.7. The normalized spacial score (nSPS) is 13.2. The van der Waals surface area contributed by atoms with Crippen molar-refractivity contribution in [2.24, 2.45) is 0 Å². The van der Waals surface area contributed by atoms with Gasteiger partial charge in [0.1, 0.15) is 13.2 Å². The van der Waals surface area contributed by atoms with E-state index in [4.69, 9.17) is 14.2 Å². The first-order chi connectivity index (χ1) is 40.0. The van der Waals surface area contributed by atoms with Crippen molar-refractivity contribution in [1.82, 2.24) is 0 Å². The average Bonchev–Trinajstić information content (AvgIpc) is 3.46. The van der Waals surface area contributed by atoms with E-state index in [0.717, 1.165) is 173 Å². The standard InChI is InChI=1S/C75H120O6/c1-4-7-10-13-16-19-22-25-27-29-31-33-34-35-36-37-38-39-40-42-43-45-47-50-53-56-59-62-65-68-74(77)80-71-72(70-79-73(76)67-64-61-58-55-52-49-24-21-18-15-12-9-6-3)81-75(78)69-66-63-60-57-54-51-48-46-44-41-32-30-28-26-23-20-17-14-11-8-5-2/h7-8,10-11,16-17,19-21,24-28,31-33,35-36,38-39,41-43,46,48,72H,4-6,9,12-15,18,22-23,29-30,34,37,40,44-45,47,49-71H2,1-3H3/b10-7-,11-8-,19-16-,20-17-,24-21-,27-25-,28-26-,33-31-,36-35-,39-38-,41-32-,43-42-,48-46-. The van der Waals surface area contributed by atoms with Gasteiger partial charge in [-0.2, -0.15) is 0 Å². The number of hydrogen-bond acceptors (Lipinski definition) is 6. The second kappa shape index (κ2) is 67.5. The number of ether oxygens (including phenoxy) is 3. The Bertz CT molecular complexity index is 1810. The van der Waals surface area contributed by atoms with Crippen molar-refractivity contribution in [2.45, 2.75) is 284 Å². The summed E-state index contributed by atoms with van der Waals surface area (Å²) in [5.74, 6) is -0.939. The van der Waals surface area contributed by atoms with Gasteiger partial charge in [-0.3, -0.25) is 14.4 Å². The highest BCUT2D eigenvalue weighted by Gasteiger charge is 2.19. The molecule has 0 saturated heterocycles. The van der Waals surface area contributed by atoms with Crippen molar-refractivity contribution in [2.75, 3.05) is 13.2 Å². The molecule has 1 atom stereocenters. The third-order valence-electron chi connectivity index (χ3n) is 13.5. The van der Waals surface area contributed by atoms with Crippen LogP contribution in [0.4, 0.5) is 0 Å². The van der Waals surface area contributed by atoms with Gasteiger partial charge in [0.05, 0.1) is 0 Å². The molecule has 0 saturated carbocycles. The molecular weight excluding hydrogens is 997 g/mol. The monoisotopic (exact) mass is 1120 g/mol. The molecule has 0 spiro atoms. The maximum Gasteiger partial charge on any atom is 0.306 e. The summed E-state index contributed by atoms with van der Waals surface area (Å²) in [7, 11) is 0. The van der Waals surface area contributed by atoms with Gasteiger partial charge in [0.2, 0.25) is 0 Å². The summed E-state index contributed by atoms with van der Waals surface area (Å²) in [4.78, 5) is 38.4. The topological polar surface area (TPSA) is 78.9 Å². The first kappa shape index (κ1) is 76.0.